The fourth-order valence-corrected chi connectivity index (χ4v) is 5.86. The highest BCUT2D eigenvalue weighted by Gasteiger charge is 2.70. The van der Waals surface area contributed by atoms with Crippen molar-refractivity contribution in [1.29, 1.82) is 0 Å². The molecule has 5 rings (SSSR count). The van der Waals surface area contributed by atoms with E-state index in [1.807, 2.05) is 37.3 Å². The van der Waals surface area contributed by atoms with Crippen molar-refractivity contribution in [3.05, 3.63) is 64.2 Å². The first-order valence-electron chi connectivity index (χ1n) is 10.8. The van der Waals surface area contributed by atoms with E-state index in [0.29, 0.717) is 22.7 Å². The maximum Gasteiger partial charge on any atom is 0.250 e. The number of primary amides is 1. The SMILES string of the molecule is Cc1cc(Cl)cc2c1NC(=O)[C@]21N[C@H](CC(N)=O)[C@H]2C(=O)N(CCc3ccccc3)C(=O)[C@H]21. The van der Waals surface area contributed by atoms with Gasteiger partial charge in [-0.15, -0.1) is 0 Å². The molecule has 33 heavy (non-hydrogen) atoms. The summed E-state index contributed by atoms with van der Waals surface area (Å²) < 4.78 is 0. The van der Waals surface area contributed by atoms with Crippen molar-refractivity contribution in [2.24, 2.45) is 17.6 Å². The number of fused-ring (bicyclic) bond motifs is 4. The lowest BCUT2D eigenvalue weighted by Gasteiger charge is -2.29. The maximum absolute atomic E-state index is 13.7. The van der Waals surface area contributed by atoms with Crippen LogP contribution >= 0.6 is 11.6 Å². The molecule has 170 valence electrons. The number of carbonyl (C=O) groups excluding carboxylic acids is 4. The minimum absolute atomic E-state index is 0.170. The van der Waals surface area contributed by atoms with E-state index in [4.69, 9.17) is 17.3 Å². The van der Waals surface area contributed by atoms with E-state index < -0.39 is 47.0 Å². The van der Waals surface area contributed by atoms with Crippen LogP contribution in [0.25, 0.3) is 0 Å². The second-order valence-electron chi connectivity index (χ2n) is 8.90. The Labute approximate surface area is 195 Å². The number of nitrogens with zero attached hydrogens (tertiary/aromatic N) is 1. The predicted octanol–water partition coefficient (Wildman–Crippen LogP) is 1.49. The standard InChI is InChI=1S/C24H23ClN4O4/c1-12-9-14(25)10-15-20(12)27-23(33)24(15)19-18(16(28-24)11-17(26)30)21(31)29(22(19)32)8-7-13-5-3-2-4-6-13/h2-6,9-10,16,18-19,28H,7-8,11H2,1H3,(H2,26,30)(H,27,33)/t16-,18-,19+,24+/m1/s1. The molecular formula is C24H23ClN4O4. The molecule has 3 aliphatic rings. The average molecular weight is 467 g/mol. The average Bonchev–Trinajstić information content (AvgIpc) is 3.33. The summed E-state index contributed by atoms with van der Waals surface area (Å²) in [4.78, 5) is 53.6. The topological polar surface area (TPSA) is 122 Å². The van der Waals surface area contributed by atoms with Gasteiger partial charge in [-0.05, 0) is 36.6 Å². The Kier molecular flexibility index (Phi) is 5.02. The molecule has 8 nitrogen and oxygen atoms in total. The van der Waals surface area contributed by atoms with Crippen molar-refractivity contribution in [3.8, 4) is 0 Å². The highest BCUT2D eigenvalue weighted by atomic mass is 35.5. The van der Waals surface area contributed by atoms with Gasteiger partial charge in [0, 0.05) is 35.3 Å². The van der Waals surface area contributed by atoms with Crippen molar-refractivity contribution in [3.63, 3.8) is 0 Å². The van der Waals surface area contributed by atoms with Gasteiger partial charge in [-0.2, -0.15) is 0 Å². The van der Waals surface area contributed by atoms with E-state index in [1.54, 1.807) is 12.1 Å². The number of amides is 4. The van der Waals surface area contributed by atoms with Crippen LogP contribution in [0, 0.1) is 18.8 Å². The second-order valence-corrected chi connectivity index (χ2v) is 9.33. The number of aryl methyl sites for hydroxylation is 1. The first-order chi connectivity index (χ1) is 15.7. The minimum atomic E-state index is -1.50. The van der Waals surface area contributed by atoms with Gasteiger partial charge < -0.3 is 11.1 Å². The van der Waals surface area contributed by atoms with E-state index in [0.717, 1.165) is 11.1 Å². The first-order valence-corrected chi connectivity index (χ1v) is 11.2. The number of hydrogen-bond acceptors (Lipinski definition) is 5. The molecule has 0 aliphatic carbocycles. The second kappa shape index (κ2) is 7.67. The van der Waals surface area contributed by atoms with Crippen LogP contribution in [0.2, 0.25) is 5.02 Å². The van der Waals surface area contributed by atoms with E-state index in [9.17, 15) is 19.2 Å². The van der Waals surface area contributed by atoms with Gasteiger partial charge in [-0.3, -0.25) is 29.4 Å². The molecule has 0 radical (unpaired) electrons. The van der Waals surface area contributed by atoms with Crippen LogP contribution in [0.3, 0.4) is 0 Å². The van der Waals surface area contributed by atoms with Gasteiger partial charge >= 0.3 is 0 Å². The molecule has 1 spiro atoms. The largest absolute Gasteiger partial charge is 0.370 e. The first kappa shape index (κ1) is 21.6. The van der Waals surface area contributed by atoms with E-state index >= 15 is 0 Å². The van der Waals surface area contributed by atoms with Crippen LogP contribution in [0.5, 0.6) is 0 Å². The molecule has 0 saturated carbocycles. The lowest BCUT2D eigenvalue weighted by molar-refractivity contribution is -0.142. The third-order valence-electron chi connectivity index (χ3n) is 6.97. The molecule has 9 heteroatoms. The van der Waals surface area contributed by atoms with Gasteiger partial charge in [-0.1, -0.05) is 41.9 Å². The molecule has 2 saturated heterocycles. The molecule has 4 amide bonds. The van der Waals surface area contributed by atoms with Crippen LogP contribution in [0.15, 0.2) is 42.5 Å². The van der Waals surface area contributed by atoms with Crippen molar-refractivity contribution in [2.45, 2.75) is 31.3 Å². The lowest BCUT2D eigenvalue weighted by Crippen LogP contribution is -2.53. The number of benzene rings is 2. The Morgan fingerprint density at radius 1 is 1.15 bits per heavy atom. The molecule has 2 aromatic rings. The van der Waals surface area contributed by atoms with Gasteiger partial charge in [0.15, 0.2) is 0 Å². The summed E-state index contributed by atoms with van der Waals surface area (Å²) in [5.74, 6) is -3.75. The fraction of sp³-hybridized carbons (Fsp3) is 0.333. The van der Waals surface area contributed by atoms with Crippen LogP contribution < -0.4 is 16.4 Å². The predicted molar refractivity (Wildman–Crippen MR) is 121 cm³/mol. The zero-order valence-electron chi connectivity index (χ0n) is 17.9. The van der Waals surface area contributed by atoms with Gasteiger partial charge in [0.1, 0.15) is 5.54 Å². The minimum Gasteiger partial charge on any atom is -0.370 e. The lowest BCUT2D eigenvalue weighted by atomic mass is 9.76. The quantitative estimate of drug-likeness (QED) is 0.576. The summed E-state index contributed by atoms with van der Waals surface area (Å²) in [7, 11) is 0. The highest BCUT2D eigenvalue weighted by Crippen LogP contribution is 2.54. The number of nitrogens with two attached hydrogens (primary N) is 1. The third kappa shape index (κ3) is 3.16. The smallest absolute Gasteiger partial charge is 0.250 e. The Hall–Kier alpha value is -3.23. The third-order valence-corrected chi connectivity index (χ3v) is 7.18. The molecule has 4 N–H and O–H groups in total. The van der Waals surface area contributed by atoms with Crippen LogP contribution in [-0.2, 0) is 31.1 Å². The Morgan fingerprint density at radius 2 is 1.88 bits per heavy atom. The van der Waals surface area contributed by atoms with E-state index in [-0.39, 0.29) is 13.0 Å². The molecule has 2 fully saturated rings. The van der Waals surface area contributed by atoms with Gasteiger partial charge in [0.25, 0.3) is 0 Å². The number of halogens is 1. The number of nitrogens with one attached hydrogen (secondary N) is 2. The molecule has 2 aromatic carbocycles. The number of hydrogen-bond donors (Lipinski definition) is 3. The molecule has 0 bridgehead atoms. The molecule has 4 atom stereocenters. The number of anilines is 1. The molecule has 0 unspecified atom stereocenters. The van der Waals surface area contributed by atoms with E-state index in [1.165, 1.54) is 4.90 Å². The maximum atomic E-state index is 13.7. The zero-order valence-corrected chi connectivity index (χ0v) is 18.7. The summed E-state index contributed by atoms with van der Waals surface area (Å²) in [5.41, 5.74) is 6.79. The van der Waals surface area contributed by atoms with Crippen molar-refractivity contribution < 1.29 is 19.2 Å². The van der Waals surface area contributed by atoms with Crippen LogP contribution in [-0.4, -0.2) is 41.1 Å². The summed E-state index contributed by atoms with van der Waals surface area (Å²) in [6, 6.07) is 12.2. The summed E-state index contributed by atoms with van der Waals surface area (Å²) in [6.07, 6.45) is 0.322. The molecule has 3 aliphatic heterocycles. The van der Waals surface area contributed by atoms with Gasteiger partial charge in [0.05, 0.1) is 11.8 Å². The van der Waals surface area contributed by atoms with Crippen molar-refractivity contribution in [2.75, 3.05) is 11.9 Å². The number of carbonyl (C=O) groups is 4. The Morgan fingerprint density at radius 3 is 2.58 bits per heavy atom. The van der Waals surface area contributed by atoms with Crippen LogP contribution in [0.4, 0.5) is 5.69 Å². The molecule has 3 heterocycles. The van der Waals surface area contributed by atoms with Gasteiger partial charge in [0.2, 0.25) is 23.6 Å². The molecular weight excluding hydrogens is 444 g/mol. The number of likely N-dealkylation sites (tertiary alicyclic amines) is 1. The van der Waals surface area contributed by atoms with E-state index in [2.05, 4.69) is 10.6 Å². The summed E-state index contributed by atoms with van der Waals surface area (Å²) >= 11 is 6.31. The Balaban J connectivity index is 1.57. The highest BCUT2D eigenvalue weighted by molar-refractivity contribution is 6.31. The molecule has 0 aromatic heterocycles. The summed E-state index contributed by atoms with van der Waals surface area (Å²) in [5, 5.41) is 6.45. The number of imide groups is 1. The number of rotatable bonds is 5. The fourth-order valence-electron chi connectivity index (χ4n) is 5.59. The van der Waals surface area contributed by atoms with Crippen LogP contribution in [0.1, 0.15) is 23.1 Å². The van der Waals surface area contributed by atoms with Crippen molar-refractivity contribution in [1.82, 2.24) is 10.2 Å². The normalized spacial score (nSPS) is 27.8. The van der Waals surface area contributed by atoms with Gasteiger partial charge in [-0.25, -0.2) is 0 Å². The van der Waals surface area contributed by atoms with Crippen molar-refractivity contribution >= 4 is 40.9 Å². The zero-order chi connectivity index (χ0) is 23.5. The summed E-state index contributed by atoms with van der Waals surface area (Å²) in [6.45, 7) is 2.00. The monoisotopic (exact) mass is 466 g/mol. The Bertz CT molecular complexity index is 1200.